The summed E-state index contributed by atoms with van der Waals surface area (Å²) in [5, 5.41) is 2.97. The second-order valence-corrected chi connectivity index (χ2v) is 10.7. The van der Waals surface area contributed by atoms with E-state index < -0.39 is 10.0 Å². The zero-order valence-electron chi connectivity index (χ0n) is 18.7. The molecule has 5 rings (SSSR count). The van der Waals surface area contributed by atoms with Crippen LogP contribution in [0.4, 0.5) is 5.69 Å². The van der Waals surface area contributed by atoms with Crippen LogP contribution in [-0.2, 0) is 14.8 Å². The first-order chi connectivity index (χ1) is 15.3. The molecule has 172 valence electrons. The maximum atomic E-state index is 13.4. The van der Waals surface area contributed by atoms with Gasteiger partial charge in [-0.15, -0.1) is 0 Å². The third kappa shape index (κ3) is 4.61. The highest BCUT2D eigenvalue weighted by Gasteiger charge is 2.48. The van der Waals surface area contributed by atoms with Crippen LogP contribution in [0.15, 0.2) is 53.4 Å². The molecule has 0 aromatic heterocycles. The maximum Gasteiger partial charge on any atom is 0.243 e. The van der Waals surface area contributed by atoms with E-state index in [1.54, 1.807) is 30.3 Å². The summed E-state index contributed by atoms with van der Waals surface area (Å²) >= 11 is 0. The van der Waals surface area contributed by atoms with Gasteiger partial charge in [0.25, 0.3) is 0 Å². The molecule has 1 aliphatic carbocycles. The van der Waals surface area contributed by atoms with E-state index >= 15 is 0 Å². The van der Waals surface area contributed by atoms with Gasteiger partial charge in [-0.25, -0.2) is 8.42 Å². The van der Waals surface area contributed by atoms with Crippen LogP contribution in [0.3, 0.4) is 0 Å². The fourth-order valence-electron chi connectivity index (χ4n) is 4.72. The normalized spacial score (nSPS) is 23.2. The standard InChI is InChI=1S/C24H30N2O5S/c1-16(2)31-19-10-8-18(9-11-19)25-24(27)22-13-17-7-12-23(22)26(15-17)32(28,29)21-6-4-5-20(14-21)30-3/h4-6,8-11,14,16-17,22-23H,7,12-13,15H2,1-3H3,(H,25,27)/t17-,22+,23+/m0/s1. The summed E-state index contributed by atoms with van der Waals surface area (Å²) in [6, 6.07) is 13.4. The number of carbonyl (C=O) groups is 1. The Morgan fingerprint density at radius 2 is 1.84 bits per heavy atom. The Kier molecular flexibility index (Phi) is 6.44. The first-order valence-electron chi connectivity index (χ1n) is 11.0. The number of nitrogens with one attached hydrogen (secondary N) is 1. The molecule has 0 unspecified atom stereocenters. The van der Waals surface area contributed by atoms with Crippen molar-refractivity contribution in [2.24, 2.45) is 11.8 Å². The number of ether oxygens (including phenoxy) is 2. The zero-order chi connectivity index (χ0) is 22.9. The van der Waals surface area contributed by atoms with Crippen LogP contribution in [0.1, 0.15) is 33.1 Å². The van der Waals surface area contributed by atoms with Crippen molar-refractivity contribution in [3.63, 3.8) is 0 Å². The van der Waals surface area contributed by atoms with E-state index in [-0.39, 0.29) is 34.8 Å². The minimum absolute atomic E-state index is 0.0748. The topological polar surface area (TPSA) is 84.9 Å². The van der Waals surface area contributed by atoms with Crippen molar-refractivity contribution in [1.29, 1.82) is 0 Å². The molecule has 1 N–H and O–H groups in total. The third-order valence-corrected chi connectivity index (χ3v) is 8.10. The molecule has 0 radical (unpaired) electrons. The fraction of sp³-hybridized carbons (Fsp3) is 0.458. The molecule has 2 aromatic carbocycles. The van der Waals surface area contributed by atoms with Crippen LogP contribution >= 0.6 is 0 Å². The average Bonchev–Trinajstić information content (AvgIpc) is 2.80. The molecule has 3 aliphatic rings. The summed E-state index contributed by atoms with van der Waals surface area (Å²) in [5.41, 5.74) is 0.676. The van der Waals surface area contributed by atoms with Crippen LogP contribution in [0, 0.1) is 11.8 Å². The number of sulfonamides is 1. The van der Waals surface area contributed by atoms with Gasteiger partial charge in [-0.3, -0.25) is 4.79 Å². The lowest BCUT2D eigenvalue weighted by Gasteiger charge is -2.48. The number of hydrogen-bond donors (Lipinski definition) is 1. The Labute approximate surface area is 189 Å². The van der Waals surface area contributed by atoms with Gasteiger partial charge in [-0.2, -0.15) is 4.31 Å². The minimum Gasteiger partial charge on any atom is -0.497 e. The van der Waals surface area contributed by atoms with Crippen LogP contribution in [-0.4, -0.2) is 44.4 Å². The van der Waals surface area contributed by atoms with Gasteiger partial charge < -0.3 is 14.8 Å². The second kappa shape index (κ2) is 9.11. The van der Waals surface area contributed by atoms with E-state index in [1.807, 2.05) is 26.0 Å². The Morgan fingerprint density at radius 3 is 2.50 bits per heavy atom. The predicted octanol–water partition coefficient (Wildman–Crippen LogP) is 3.91. The van der Waals surface area contributed by atoms with E-state index in [2.05, 4.69) is 5.32 Å². The highest BCUT2D eigenvalue weighted by molar-refractivity contribution is 7.89. The first kappa shape index (κ1) is 22.6. The highest BCUT2D eigenvalue weighted by atomic mass is 32.2. The lowest BCUT2D eigenvalue weighted by atomic mass is 9.73. The maximum absolute atomic E-state index is 13.4. The number of carbonyl (C=O) groups excluding carboxylic acids is 1. The van der Waals surface area contributed by atoms with Crippen LogP contribution in [0.2, 0.25) is 0 Å². The van der Waals surface area contributed by atoms with E-state index in [0.29, 0.717) is 30.8 Å². The van der Waals surface area contributed by atoms with Crippen LogP contribution < -0.4 is 14.8 Å². The molecule has 7 nitrogen and oxygen atoms in total. The number of nitrogens with zero attached hydrogens (tertiary/aromatic N) is 1. The van der Waals surface area contributed by atoms with E-state index in [4.69, 9.17) is 9.47 Å². The van der Waals surface area contributed by atoms with Crippen molar-refractivity contribution in [1.82, 2.24) is 4.31 Å². The summed E-state index contributed by atoms with van der Waals surface area (Å²) in [4.78, 5) is 13.3. The molecule has 2 aliphatic heterocycles. The zero-order valence-corrected chi connectivity index (χ0v) is 19.5. The van der Waals surface area contributed by atoms with Gasteiger partial charge in [0.2, 0.25) is 15.9 Å². The quantitative estimate of drug-likeness (QED) is 0.680. The number of hydrogen-bond acceptors (Lipinski definition) is 5. The van der Waals surface area contributed by atoms with E-state index in [0.717, 1.165) is 12.2 Å². The highest BCUT2D eigenvalue weighted by Crippen LogP contribution is 2.42. The second-order valence-electron chi connectivity index (χ2n) is 8.79. The number of fused-ring (bicyclic) bond motifs is 3. The van der Waals surface area contributed by atoms with Crippen molar-refractivity contribution in [2.45, 2.75) is 50.2 Å². The van der Waals surface area contributed by atoms with Crippen molar-refractivity contribution in [3.8, 4) is 11.5 Å². The fourth-order valence-corrected chi connectivity index (χ4v) is 6.52. The summed E-state index contributed by atoms with van der Waals surface area (Å²) in [6.45, 7) is 4.37. The summed E-state index contributed by atoms with van der Waals surface area (Å²) in [7, 11) is -2.21. The molecule has 2 bridgehead atoms. The smallest absolute Gasteiger partial charge is 0.243 e. The Hall–Kier alpha value is -2.58. The minimum atomic E-state index is -3.73. The van der Waals surface area contributed by atoms with Gasteiger partial charge in [0, 0.05) is 24.3 Å². The van der Waals surface area contributed by atoms with Gasteiger partial charge >= 0.3 is 0 Å². The molecule has 3 fully saturated rings. The molecule has 2 heterocycles. The monoisotopic (exact) mass is 458 g/mol. The van der Waals surface area contributed by atoms with Gasteiger partial charge in [0.1, 0.15) is 11.5 Å². The van der Waals surface area contributed by atoms with Gasteiger partial charge in [0.05, 0.1) is 24.0 Å². The lowest BCUT2D eigenvalue weighted by molar-refractivity contribution is -0.125. The summed E-state index contributed by atoms with van der Waals surface area (Å²) < 4.78 is 39.2. The number of amides is 1. The van der Waals surface area contributed by atoms with Crippen LogP contribution in [0.5, 0.6) is 11.5 Å². The van der Waals surface area contributed by atoms with Gasteiger partial charge in [-0.05, 0) is 75.4 Å². The Balaban J connectivity index is 1.51. The van der Waals surface area contributed by atoms with Crippen molar-refractivity contribution in [2.75, 3.05) is 19.0 Å². The van der Waals surface area contributed by atoms with Crippen LogP contribution in [0.25, 0.3) is 0 Å². The molecule has 32 heavy (non-hydrogen) atoms. The molecule has 2 aromatic rings. The predicted molar refractivity (Wildman–Crippen MR) is 122 cm³/mol. The number of anilines is 1. The number of methoxy groups -OCH3 is 1. The first-order valence-corrected chi connectivity index (χ1v) is 12.5. The Bertz CT molecular complexity index is 1070. The SMILES string of the molecule is COc1cccc(S(=O)(=O)N2C[C@H]3CC[C@@H]2[C@H](C(=O)Nc2ccc(OC(C)C)cc2)C3)c1. The van der Waals surface area contributed by atoms with E-state index in [9.17, 15) is 13.2 Å². The van der Waals surface area contributed by atoms with Crippen molar-refractivity contribution < 1.29 is 22.7 Å². The number of piperidine rings is 2. The van der Waals surface area contributed by atoms with Gasteiger partial charge in [-0.1, -0.05) is 6.07 Å². The summed E-state index contributed by atoms with van der Waals surface area (Å²) in [5.74, 6) is 0.896. The Morgan fingerprint density at radius 1 is 1.09 bits per heavy atom. The van der Waals surface area contributed by atoms with Gasteiger partial charge in [0.15, 0.2) is 0 Å². The molecule has 8 heteroatoms. The molecule has 1 amide bonds. The summed E-state index contributed by atoms with van der Waals surface area (Å²) in [6.07, 6.45) is 2.41. The molecular formula is C24H30N2O5S. The largest absolute Gasteiger partial charge is 0.497 e. The van der Waals surface area contributed by atoms with Crippen molar-refractivity contribution >= 4 is 21.6 Å². The number of rotatable bonds is 7. The molecule has 0 spiro atoms. The van der Waals surface area contributed by atoms with E-state index in [1.165, 1.54) is 17.5 Å². The number of benzene rings is 2. The lowest BCUT2D eigenvalue weighted by Crippen LogP contribution is -2.57. The molecule has 3 atom stereocenters. The molecular weight excluding hydrogens is 428 g/mol. The average molecular weight is 459 g/mol. The molecule has 2 saturated heterocycles. The molecule has 1 saturated carbocycles. The third-order valence-electron chi connectivity index (χ3n) is 6.21. The van der Waals surface area contributed by atoms with Crippen molar-refractivity contribution in [3.05, 3.63) is 48.5 Å².